The molecule has 0 saturated heterocycles. The standard InChI is InChI=1S/C9H16N4O3S/c1-5(2)13-7(16)11-12-8(13)17-4-9(3,10)6(14)15/h5H,4,10H2,1-3H3,(H,11,16)(H,14,15). The van der Waals surface area contributed by atoms with E-state index in [0.29, 0.717) is 5.16 Å². The monoisotopic (exact) mass is 260 g/mol. The summed E-state index contributed by atoms with van der Waals surface area (Å²) in [6, 6.07) is -0.0439. The summed E-state index contributed by atoms with van der Waals surface area (Å²) in [5, 5.41) is 15.5. The van der Waals surface area contributed by atoms with Gasteiger partial charge in [-0.05, 0) is 20.8 Å². The van der Waals surface area contributed by atoms with Gasteiger partial charge in [-0.3, -0.25) is 9.36 Å². The van der Waals surface area contributed by atoms with Crippen LogP contribution in [0.1, 0.15) is 26.8 Å². The second-order valence-electron chi connectivity index (χ2n) is 4.29. The van der Waals surface area contributed by atoms with Crippen LogP contribution in [0.25, 0.3) is 0 Å². The van der Waals surface area contributed by atoms with Crippen molar-refractivity contribution < 1.29 is 9.90 Å². The Kier molecular flexibility index (Phi) is 3.99. The van der Waals surface area contributed by atoms with E-state index in [2.05, 4.69) is 10.2 Å². The van der Waals surface area contributed by atoms with Crippen LogP contribution >= 0.6 is 11.8 Å². The molecule has 1 heterocycles. The molecule has 1 unspecified atom stereocenters. The van der Waals surface area contributed by atoms with Gasteiger partial charge < -0.3 is 10.8 Å². The Morgan fingerprint density at radius 2 is 2.29 bits per heavy atom. The quantitative estimate of drug-likeness (QED) is 0.644. The van der Waals surface area contributed by atoms with Gasteiger partial charge in [0.25, 0.3) is 0 Å². The number of carboxylic acids is 1. The molecule has 0 aliphatic rings. The zero-order valence-corrected chi connectivity index (χ0v) is 10.7. The van der Waals surface area contributed by atoms with Gasteiger partial charge in [-0.15, -0.1) is 5.10 Å². The van der Waals surface area contributed by atoms with E-state index in [9.17, 15) is 9.59 Å². The van der Waals surface area contributed by atoms with Crippen molar-refractivity contribution in [1.29, 1.82) is 0 Å². The molecule has 1 rings (SSSR count). The van der Waals surface area contributed by atoms with Gasteiger partial charge in [-0.25, -0.2) is 9.89 Å². The molecule has 0 amide bonds. The number of H-pyrrole nitrogens is 1. The van der Waals surface area contributed by atoms with Gasteiger partial charge in [0.1, 0.15) is 5.54 Å². The van der Waals surface area contributed by atoms with Crippen LogP contribution in [0.5, 0.6) is 0 Å². The molecule has 0 aliphatic carbocycles. The predicted molar refractivity (Wildman–Crippen MR) is 64.2 cm³/mol. The van der Waals surface area contributed by atoms with Crippen molar-refractivity contribution in [2.45, 2.75) is 37.5 Å². The van der Waals surface area contributed by atoms with Gasteiger partial charge in [0.15, 0.2) is 5.16 Å². The van der Waals surface area contributed by atoms with Crippen LogP contribution in [0.15, 0.2) is 9.95 Å². The fourth-order valence-corrected chi connectivity index (χ4v) is 2.22. The summed E-state index contributed by atoms with van der Waals surface area (Å²) >= 11 is 1.15. The fourth-order valence-electron chi connectivity index (χ4n) is 1.12. The maximum absolute atomic E-state index is 11.4. The van der Waals surface area contributed by atoms with Crippen molar-refractivity contribution >= 4 is 17.7 Å². The molecular formula is C9H16N4O3S. The molecule has 0 spiro atoms. The third-order valence-electron chi connectivity index (χ3n) is 2.18. The molecule has 1 aromatic rings. The number of thioether (sulfide) groups is 1. The Bertz CT molecular complexity index is 463. The fraction of sp³-hybridized carbons (Fsp3) is 0.667. The summed E-state index contributed by atoms with van der Waals surface area (Å²) in [5.41, 5.74) is 3.94. The van der Waals surface area contributed by atoms with E-state index >= 15 is 0 Å². The van der Waals surface area contributed by atoms with E-state index in [1.54, 1.807) is 0 Å². The van der Waals surface area contributed by atoms with E-state index in [4.69, 9.17) is 10.8 Å². The maximum Gasteiger partial charge on any atom is 0.344 e. The number of nitrogens with zero attached hydrogens (tertiary/aromatic N) is 2. The average molecular weight is 260 g/mol. The Labute approximate surface area is 102 Å². The smallest absolute Gasteiger partial charge is 0.344 e. The van der Waals surface area contributed by atoms with E-state index in [1.165, 1.54) is 11.5 Å². The van der Waals surface area contributed by atoms with Crippen molar-refractivity contribution in [3.63, 3.8) is 0 Å². The molecule has 1 aromatic heterocycles. The Hall–Kier alpha value is -1.28. The summed E-state index contributed by atoms with van der Waals surface area (Å²) in [6.45, 7) is 5.12. The highest BCUT2D eigenvalue weighted by atomic mass is 32.2. The summed E-state index contributed by atoms with van der Waals surface area (Å²) in [6.07, 6.45) is 0. The minimum absolute atomic E-state index is 0.0439. The molecule has 8 heteroatoms. The first-order valence-corrected chi connectivity index (χ1v) is 6.06. The van der Waals surface area contributed by atoms with Gasteiger partial charge in [0.05, 0.1) is 0 Å². The van der Waals surface area contributed by atoms with Crippen molar-refractivity contribution in [2.24, 2.45) is 5.73 Å². The zero-order valence-electron chi connectivity index (χ0n) is 9.93. The summed E-state index contributed by atoms with van der Waals surface area (Å²) in [7, 11) is 0. The SMILES string of the molecule is CC(C)n1c(SCC(C)(N)C(=O)O)n[nH]c1=O. The van der Waals surface area contributed by atoms with Gasteiger partial charge >= 0.3 is 11.7 Å². The van der Waals surface area contributed by atoms with Crippen LogP contribution in [0.4, 0.5) is 0 Å². The van der Waals surface area contributed by atoms with E-state index in [1.807, 2.05) is 13.8 Å². The highest BCUT2D eigenvalue weighted by Gasteiger charge is 2.29. The number of nitrogens with two attached hydrogens (primary N) is 1. The number of aliphatic carboxylic acids is 1. The van der Waals surface area contributed by atoms with Gasteiger partial charge in [0.2, 0.25) is 0 Å². The van der Waals surface area contributed by atoms with E-state index in [0.717, 1.165) is 11.8 Å². The lowest BCUT2D eigenvalue weighted by molar-refractivity contribution is -0.141. The lowest BCUT2D eigenvalue weighted by atomic mass is 10.1. The topological polar surface area (TPSA) is 114 Å². The van der Waals surface area contributed by atoms with E-state index in [-0.39, 0.29) is 17.5 Å². The van der Waals surface area contributed by atoms with Crippen LogP contribution in [-0.4, -0.2) is 37.1 Å². The molecule has 0 radical (unpaired) electrons. The van der Waals surface area contributed by atoms with Crippen LogP contribution in [-0.2, 0) is 4.79 Å². The third kappa shape index (κ3) is 3.10. The molecule has 1 atom stereocenters. The molecule has 17 heavy (non-hydrogen) atoms. The molecule has 96 valence electrons. The maximum atomic E-state index is 11.4. The molecule has 0 aliphatic heterocycles. The molecule has 4 N–H and O–H groups in total. The molecule has 7 nitrogen and oxygen atoms in total. The van der Waals surface area contributed by atoms with Crippen molar-refractivity contribution in [3.05, 3.63) is 10.5 Å². The van der Waals surface area contributed by atoms with Gasteiger partial charge in [-0.1, -0.05) is 11.8 Å². The number of aromatic amines is 1. The number of carbonyl (C=O) groups is 1. The number of hydrogen-bond acceptors (Lipinski definition) is 5. The Balaban J connectivity index is 2.84. The summed E-state index contributed by atoms with van der Waals surface area (Å²) < 4.78 is 1.46. The lowest BCUT2D eigenvalue weighted by Gasteiger charge is -2.18. The molecule has 0 aromatic carbocycles. The minimum Gasteiger partial charge on any atom is -0.480 e. The Morgan fingerprint density at radius 3 is 2.76 bits per heavy atom. The van der Waals surface area contributed by atoms with Crippen LogP contribution in [0.2, 0.25) is 0 Å². The molecule has 0 fully saturated rings. The third-order valence-corrected chi connectivity index (χ3v) is 3.47. The minimum atomic E-state index is -1.35. The van der Waals surface area contributed by atoms with Gasteiger partial charge in [-0.2, -0.15) is 0 Å². The molecule has 0 saturated carbocycles. The first-order valence-electron chi connectivity index (χ1n) is 5.07. The number of nitrogens with one attached hydrogen (secondary N) is 1. The van der Waals surface area contributed by atoms with Crippen molar-refractivity contribution in [1.82, 2.24) is 14.8 Å². The Morgan fingerprint density at radius 1 is 1.71 bits per heavy atom. The highest BCUT2D eigenvalue weighted by Crippen LogP contribution is 2.20. The van der Waals surface area contributed by atoms with E-state index < -0.39 is 11.5 Å². The molecular weight excluding hydrogens is 244 g/mol. The average Bonchev–Trinajstić information content (AvgIpc) is 2.56. The van der Waals surface area contributed by atoms with Crippen LogP contribution < -0.4 is 11.4 Å². The highest BCUT2D eigenvalue weighted by molar-refractivity contribution is 7.99. The number of carboxylic acid groups (broad SMARTS) is 1. The normalized spacial score (nSPS) is 14.9. The summed E-state index contributed by atoms with van der Waals surface area (Å²) in [5.74, 6) is -0.946. The second kappa shape index (κ2) is 4.92. The summed E-state index contributed by atoms with van der Waals surface area (Å²) in [4.78, 5) is 22.3. The van der Waals surface area contributed by atoms with Crippen LogP contribution in [0, 0.1) is 0 Å². The molecule has 0 bridgehead atoms. The van der Waals surface area contributed by atoms with Crippen molar-refractivity contribution in [2.75, 3.05) is 5.75 Å². The van der Waals surface area contributed by atoms with Gasteiger partial charge in [0, 0.05) is 11.8 Å². The second-order valence-corrected chi connectivity index (χ2v) is 5.23. The number of aromatic nitrogens is 3. The lowest BCUT2D eigenvalue weighted by Crippen LogP contribution is -2.47. The zero-order chi connectivity index (χ0) is 13.2. The van der Waals surface area contributed by atoms with Crippen LogP contribution in [0.3, 0.4) is 0 Å². The largest absolute Gasteiger partial charge is 0.480 e. The number of hydrogen-bond donors (Lipinski definition) is 3. The predicted octanol–water partition coefficient (Wildman–Crippen LogP) is 0.0464. The number of rotatable bonds is 5. The van der Waals surface area contributed by atoms with Crippen molar-refractivity contribution in [3.8, 4) is 0 Å². The first kappa shape index (κ1) is 13.8. The first-order chi connectivity index (χ1) is 7.75.